The Balaban J connectivity index is 0.00000264. The van der Waals surface area contributed by atoms with Crippen molar-refractivity contribution >= 4 is 42.3 Å². The maximum absolute atomic E-state index is 12.0. The zero-order chi connectivity index (χ0) is 15.9. The van der Waals surface area contributed by atoms with Crippen LogP contribution in [0.25, 0.3) is 0 Å². The zero-order valence-electron chi connectivity index (χ0n) is 13.7. The fourth-order valence-electron chi connectivity index (χ4n) is 2.49. The number of amides is 2. The van der Waals surface area contributed by atoms with E-state index in [0.29, 0.717) is 6.54 Å². The van der Waals surface area contributed by atoms with E-state index in [0.717, 1.165) is 31.6 Å². The van der Waals surface area contributed by atoms with Crippen LogP contribution in [0.4, 0.5) is 5.69 Å². The molecule has 2 amide bonds. The summed E-state index contributed by atoms with van der Waals surface area (Å²) in [5.41, 5.74) is 6.36. The minimum absolute atomic E-state index is 0. The molecule has 0 aromatic heterocycles. The number of nitrogens with one attached hydrogen (secondary N) is 2. The van der Waals surface area contributed by atoms with Gasteiger partial charge in [-0.15, -0.1) is 24.8 Å². The van der Waals surface area contributed by atoms with Crippen molar-refractivity contribution in [2.24, 2.45) is 5.73 Å². The summed E-state index contributed by atoms with van der Waals surface area (Å²) in [4.78, 5) is 25.7. The Kier molecular flexibility index (Phi) is 10.6. The molecular formula is C16H26Cl2N4O2. The van der Waals surface area contributed by atoms with E-state index >= 15 is 0 Å². The molecule has 1 aliphatic rings. The van der Waals surface area contributed by atoms with Gasteiger partial charge in [0.1, 0.15) is 0 Å². The Hall–Kier alpha value is -1.34. The molecule has 0 bridgehead atoms. The maximum Gasteiger partial charge on any atom is 0.238 e. The van der Waals surface area contributed by atoms with E-state index in [1.54, 1.807) is 6.92 Å². The predicted molar refractivity (Wildman–Crippen MR) is 101 cm³/mol. The van der Waals surface area contributed by atoms with Crippen molar-refractivity contribution in [1.29, 1.82) is 0 Å². The number of hydrogen-bond acceptors (Lipinski definition) is 4. The van der Waals surface area contributed by atoms with Crippen molar-refractivity contribution < 1.29 is 9.59 Å². The number of piperidine rings is 1. The molecule has 2 rings (SSSR count). The highest BCUT2D eigenvalue weighted by molar-refractivity contribution is 5.92. The number of halogens is 2. The lowest BCUT2D eigenvalue weighted by Crippen LogP contribution is -2.49. The van der Waals surface area contributed by atoms with Crippen LogP contribution in [0.1, 0.15) is 19.8 Å². The molecule has 1 aromatic rings. The predicted octanol–water partition coefficient (Wildman–Crippen LogP) is 1.40. The molecule has 0 saturated carbocycles. The van der Waals surface area contributed by atoms with Crippen LogP contribution in [-0.4, -0.2) is 48.4 Å². The first-order chi connectivity index (χ1) is 10.5. The number of para-hydroxylation sites is 1. The van der Waals surface area contributed by atoms with Gasteiger partial charge >= 0.3 is 0 Å². The van der Waals surface area contributed by atoms with Crippen LogP contribution >= 0.6 is 24.8 Å². The van der Waals surface area contributed by atoms with Crippen molar-refractivity contribution in [3.63, 3.8) is 0 Å². The van der Waals surface area contributed by atoms with Gasteiger partial charge in [-0.25, -0.2) is 0 Å². The summed E-state index contributed by atoms with van der Waals surface area (Å²) < 4.78 is 0. The van der Waals surface area contributed by atoms with Crippen molar-refractivity contribution in [1.82, 2.24) is 10.2 Å². The van der Waals surface area contributed by atoms with Crippen molar-refractivity contribution in [2.45, 2.75) is 31.8 Å². The first-order valence-corrected chi connectivity index (χ1v) is 7.68. The maximum atomic E-state index is 12.0. The minimum Gasteiger partial charge on any atom is -0.352 e. The van der Waals surface area contributed by atoms with Crippen LogP contribution in [0.5, 0.6) is 0 Å². The Morgan fingerprint density at radius 1 is 1.21 bits per heavy atom. The highest BCUT2D eigenvalue weighted by Gasteiger charge is 2.22. The Morgan fingerprint density at radius 3 is 2.33 bits per heavy atom. The third kappa shape index (κ3) is 7.49. The van der Waals surface area contributed by atoms with Gasteiger partial charge in [-0.1, -0.05) is 18.2 Å². The van der Waals surface area contributed by atoms with E-state index in [1.165, 1.54) is 0 Å². The van der Waals surface area contributed by atoms with Crippen LogP contribution in [0.3, 0.4) is 0 Å². The lowest BCUT2D eigenvalue weighted by Gasteiger charge is -2.32. The van der Waals surface area contributed by atoms with Gasteiger partial charge in [0.2, 0.25) is 11.8 Å². The second-order valence-electron chi connectivity index (χ2n) is 5.76. The summed E-state index contributed by atoms with van der Waals surface area (Å²) in [5, 5.41) is 5.82. The van der Waals surface area contributed by atoms with Gasteiger partial charge in [0.25, 0.3) is 0 Å². The highest BCUT2D eigenvalue weighted by Crippen LogP contribution is 2.11. The normalized spacial score (nSPS) is 16.2. The van der Waals surface area contributed by atoms with Crippen molar-refractivity contribution in [3.8, 4) is 0 Å². The molecule has 1 aromatic carbocycles. The number of hydrogen-bond donors (Lipinski definition) is 3. The quantitative estimate of drug-likeness (QED) is 0.724. The van der Waals surface area contributed by atoms with E-state index in [-0.39, 0.29) is 42.7 Å². The third-order valence-electron chi connectivity index (χ3n) is 3.77. The fraction of sp³-hybridized carbons (Fsp3) is 0.500. The molecule has 4 N–H and O–H groups in total. The Labute approximate surface area is 155 Å². The number of nitrogens with zero attached hydrogens (tertiary/aromatic N) is 1. The summed E-state index contributed by atoms with van der Waals surface area (Å²) >= 11 is 0. The molecule has 24 heavy (non-hydrogen) atoms. The molecule has 6 nitrogen and oxygen atoms in total. The van der Waals surface area contributed by atoms with Crippen molar-refractivity contribution in [2.75, 3.05) is 25.0 Å². The third-order valence-corrected chi connectivity index (χ3v) is 3.77. The molecule has 0 unspecified atom stereocenters. The second kappa shape index (κ2) is 11.3. The van der Waals surface area contributed by atoms with Crippen LogP contribution in [-0.2, 0) is 9.59 Å². The summed E-state index contributed by atoms with van der Waals surface area (Å²) in [6.07, 6.45) is 1.69. The molecule has 0 radical (unpaired) electrons. The zero-order valence-corrected chi connectivity index (χ0v) is 15.4. The van der Waals surface area contributed by atoms with Gasteiger partial charge in [-0.2, -0.15) is 0 Å². The average molecular weight is 377 g/mol. The smallest absolute Gasteiger partial charge is 0.238 e. The highest BCUT2D eigenvalue weighted by atomic mass is 35.5. The monoisotopic (exact) mass is 376 g/mol. The van der Waals surface area contributed by atoms with Crippen LogP contribution in [0.15, 0.2) is 30.3 Å². The fourth-order valence-corrected chi connectivity index (χ4v) is 2.49. The van der Waals surface area contributed by atoms with Gasteiger partial charge in [-0.05, 0) is 31.9 Å². The molecule has 136 valence electrons. The lowest BCUT2D eigenvalue weighted by molar-refractivity contribution is -0.123. The van der Waals surface area contributed by atoms with E-state index < -0.39 is 6.04 Å². The van der Waals surface area contributed by atoms with Crippen LogP contribution in [0, 0.1) is 0 Å². The summed E-state index contributed by atoms with van der Waals surface area (Å²) in [7, 11) is 0. The van der Waals surface area contributed by atoms with Crippen LogP contribution in [0.2, 0.25) is 0 Å². The summed E-state index contributed by atoms with van der Waals surface area (Å²) in [6, 6.07) is 9.12. The molecule has 1 saturated heterocycles. The number of rotatable bonds is 5. The lowest BCUT2D eigenvalue weighted by atomic mass is 10.0. The number of carbonyl (C=O) groups excluding carboxylic acids is 2. The average Bonchev–Trinajstić information content (AvgIpc) is 2.50. The molecule has 1 fully saturated rings. The SMILES string of the molecule is C[C@@H](N)C(=O)NC1CCN(CC(=O)Nc2ccccc2)CC1.Cl.Cl. The van der Waals surface area contributed by atoms with Gasteiger partial charge in [0.05, 0.1) is 12.6 Å². The molecular weight excluding hydrogens is 351 g/mol. The van der Waals surface area contributed by atoms with E-state index in [2.05, 4.69) is 15.5 Å². The minimum atomic E-state index is -0.477. The Morgan fingerprint density at radius 2 is 1.79 bits per heavy atom. The van der Waals surface area contributed by atoms with Gasteiger partial charge in [0, 0.05) is 24.8 Å². The van der Waals surface area contributed by atoms with Crippen LogP contribution < -0.4 is 16.4 Å². The molecule has 0 spiro atoms. The number of carbonyl (C=O) groups is 2. The summed E-state index contributed by atoms with van der Waals surface area (Å²) in [5.74, 6) is -0.121. The van der Waals surface area contributed by atoms with E-state index in [9.17, 15) is 9.59 Å². The molecule has 1 atom stereocenters. The van der Waals surface area contributed by atoms with E-state index in [4.69, 9.17) is 5.73 Å². The standard InChI is InChI=1S/C16H24N4O2.2ClH/c1-12(17)16(22)19-14-7-9-20(10-8-14)11-15(21)18-13-5-3-2-4-6-13;;/h2-6,12,14H,7-11,17H2,1H3,(H,18,21)(H,19,22);2*1H/t12-;;/m1../s1. The number of benzene rings is 1. The van der Waals surface area contributed by atoms with Gasteiger partial charge < -0.3 is 16.4 Å². The molecule has 8 heteroatoms. The Bertz CT molecular complexity index is 506. The molecule has 0 aliphatic carbocycles. The molecule has 1 aliphatic heterocycles. The van der Waals surface area contributed by atoms with Crippen molar-refractivity contribution in [3.05, 3.63) is 30.3 Å². The second-order valence-corrected chi connectivity index (χ2v) is 5.76. The first-order valence-electron chi connectivity index (χ1n) is 7.68. The molecule has 1 heterocycles. The largest absolute Gasteiger partial charge is 0.352 e. The topological polar surface area (TPSA) is 87.5 Å². The number of likely N-dealkylation sites (tertiary alicyclic amines) is 1. The van der Waals surface area contributed by atoms with Gasteiger partial charge in [-0.3, -0.25) is 14.5 Å². The van der Waals surface area contributed by atoms with Gasteiger partial charge in [0.15, 0.2) is 0 Å². The number of anilines is 1. The number of nitrogens with two attached hydrogens (primary N) is 1. The van der Waals surface area contributed by atoms with E-state index in [1.807, 2.05) is 30.3 Å². The first kappa shape index (κ1) is 22.7. The summed E-state index contributed by atoms with van der Waals surface area (Å²) in [6.45, 7) is 3.65.